The van der Waals surface area contributed by atoms with Crippen LogP contribution in [-0.2, 0) is 23.7 Å². The molecule has 0 bridgehead atoms. The molecule has 31 heavy (non-hydrogen) atoms. The number of aliphatic hydroxyl groups is 2. The van der Waals surface area contributed by atoms with E-state index in [1.165, 1.54) is 64.2 Å². The summed E-state index contributed by atoms with van der Waals surface area (Å²) in [6.45, 7) is 10.3. The minimum atomic E-state index is 0.0386. The van der Waals surface area contributed by atoms with Gasteiger partial charge in [-0.15, -0.1) is 0 Å². The Morgan fingerprint density at radius 3 is 1.03 bits per heavy atom. The van der Waals surface area contributed by atoms with Crippen LogP contribution in [0.2, 0.25) is 0 Å². The van der Waals surface area contributed by atoms with Crippen molar-refractivity contribution >= 4 is 0 Å². The highest BCUT2D eigenvalue weighted by Gasteiger charge is 1.93. The summed E-state index contributed by atoms with van der Waals surface area (Å²) >= 11 is 0. The van der Waals surface area contributed by atoms with Crippen LogP contribution in [0.15, 0.2) is 0 Å². The molecule has 0 aromatic carbocycles. The van der Waals surface area contributed by atoms with Gasteiger partial charge >= 0.3 is 0 Å². The van der Waals surface area contributed by atoms with Crippen molar-refractivity contribution in [2.75, 3.05) is 79.3 Å². The number of hydrogen-bond acceptors (Lipinski definition) is 7. The Morgan fingerprint density at radius 1 is 0.355 bits per heavy atom. The molecule has 0 aromatic heterocycles. The maximum Gasteiger partial charge on any atom is 0.0701 e. The van der Waals surface area contributed by atoms with Gasteiger partial charge in [0.1, 0.15) is 0 Å². The summed E-state index contributed by atoms with van der Waals surface area (Å²) < 4.78 is 26.0. The van der Waals surface area contributed by atoms with E-state index < -0.39 is 0 Å². The Hall–Kier alpha value is -0.280. The van der Waals surface area contributed by atoms with Crippen molar-refractivity contribution < 1.29 is 33.9 Å². The fraction of sp³-hybridized carbons (Fsp3) is 1.00. The molecule has 0 unspecified atom stereocenters. The Morgan fingerprint density at radius 2 is 0.645 bits per heavy atom. The minimum Gasteiger partial charge on any atom is -0.394 e. The molecule has 0 aliphatic carbocycles. The second-order valence-electron chi connectivity index (χ2n) is 7.34. The molecule has 0 saturated heterocycles. The van der Waals surface area contributed by atoms with E-state index >= 15 is 0 Å². The second-order valence-corrected chi connectivity index (χ2v) is 7.34. The van der Waals surface area contributed by atoms with Crippen LogP contribution in [0.1, 0.15) is 78.1 Å². The van der Waals surface area contributed by atoms with Crippen LogP contribution in [-0.4, -0.2) is 89.5 Å². The molecule has 0 amide bonds. The highest BCUT2D eigenvalue weighted by molar-refractivity contribution is 4.44. The molecule has 0 saturated carbocycles. The number of ether oxygens (including phenoxy) is 5. The van der Waals surface area contributed by atoms with Crippen LogP contribution < -0.4 is 0 Å². The molecule has 0 aliphatic rings. The molecule has 0 atom stereocenters. The number of aliphatic hydroxyl groups excluding tert-OH is 2. The molecule has 0 aromatic rings. The van der Waals surface area contributed by atoms with Gasteiger partial charge in [0, 0.05) is 13.2 Å². The first-order valence-corrected chi connectivity index (χ1v) is 12.4. The van der Waals surface area contributed by atoms with Gasteiger partial charge in [-0.1, -0.05) is 65.2 Å². The van der Waals surface area contributed by atoms with Gasteiger partial charge in [0.15, 0.2) is 0 Å². The molecule has 7 heteroatoms. The number of rotatable bonds is 25. The van der Waals surface area contributed by atoms with E-state index in [1.807, 2.05) is 0 Å². The second kappa shape index (κ2) is 34.3. The van der Waals surface area contributed by atoms with E-state index in [2.05, 4.69) is 13.8 Å². The average molecular weight is 453 g/mol. The lowest BCUT2D eigenvalue weighted by Gasteiger charge is -2.06. The van der Waals surface area contributed by atoms with Crippen LogP contribution in [0.5, 0.6) is 0 Å². The summed E-state index contributed by atoms with van der Waals surface area (Å²) in [4.78, 5) is 0. The van der Waals surface area contributed by atoms with E-state index in [-0.39, 0.29) is 13.2 Å². The maximum atomic E-state index is 8.41. The molecule has 2 N–H and O–H groups in total. The third kappa shape index (κ3) is 37.4. The lowest BCUT2D eigenvalue weighted by atomic mass is 10.1. The molecule has 0 radical (unpaired) electrons. The van der Waals surface area contributed by atoms with E-state index in [4.69, 9.17) is 33.9 Å². The van der Waals surface area contributed by atoms with E-state index in [9.17, 15) is 0 Å². The van der Waals surface area contributed by atoms with Crippen molar-refractivity contribution in [2.24, 2.45) is 0 Å². The van der Waals surface area contributed by atoms with Crippen molar-refractivity contribution in [1.29, 1.82) is 0 Å². The lowest BCUT2D eigenvalue weighted by Crippen LogP contribution is -2.13. The fourth-order valence-corrected chi connectivity index (χ4v) is 2.61. The minimum absolute atomic E-state index is 0.0386. The molecular formula is C24H52O7. The normalized spacial score (nSPS) is 10.8. The highest BCUT2D eigenvalue weighted by atomic mass is 16.6. The highest BCUT2D eigenvalue weighted by Crippen LogP contribution is 2.05. The third-order valence-corrected chi connectivity index (χ3v) is 4.37. The lowest BCUT2D eigenvalue weighted by molar-refractivity contribution is -0.00856. The Labute approximate surface area is 191 Å². The number of unbranched alkanes of at least 4 members (excludes halogenated alkanes) is 8. The quantitative estimate of drug-likeness (QED) is 0.203. The Bertz CT molecular complexity index is 255. The molecular weight excluding hydrogens is 400 g/mol. The topological polar surface area (TPSA) is 86.6 Å². The van der Waals surface area contributed by atoms with Crippen LogP contribution in [0.3, 0.4) is 0 Å². The first kappa shape index (κ1) is 32.9. The first-order chi connectivity index (χ1) is 15.3. The SMILES string of the molecule is CCCCCCCCOCCCCCC.OCCOCCOCCOCCOCCO. The summed E-state index contributed by atoms with van der Waals surface area (Å²) in [5, 5.41) is 16.8. The van der Waals surface area contributed by atoms with Crippen LogP contribution >= 0.6 is 0 Å². The predicted molar refractivity (Wildman–Crippen MR) is 126 cm³/mol. The molecule has 0 rings (SSSR count). The molecule has 0 spiro atoms. The monoisotopic (exact) mass is 452 g/mol. The van der Waals surface area contributed by atoms with Crippen LogP contribution in [0.25, 0.3) is 0 Å². The zero-order chi connectivity index (χ0) is 23.1. The average Bonchev–Trinajstić information content (AvgIpc) is 2.79. The van der Waals surface area contributed by atoms with Gasteiger partial charge in [0.25, 0.3) is 0 Å². The van der Waals surface area contributed by atoms with Crippen molar-refractivity contribution in [2.45, 2.75) is 78.1 Å². The largest absolute Gasteiger partial charge is 0.394 e. The smallest absolute Gasteiger partial charge is 0.0701 e. The van der Waals surface area contributed by atoms with Crippen molar-refractivity contribution in [1.82, 2.24) is 0 Å². The fourth-order valence-electron chi connectivity index (χ4n) is 2.61. The molecule has 0 fully saturated rings. The maximum absolute atomic E-state index is 8.41. The van der Waals surface area contributed by atoms with E-state index in [0.29, 0.717) is 52.9 Å². The molecule has 0 heterocycles. The van der Waals surface area contributed by atoms with Crippen molar-refractivity contribution in [3.63, 3.8) is 0 Å². The summed E-state index contributed by atoms with van der Waals surface area (Å²) in [6, 6.07) is 0. The van der Waals surface area contributed by atoms with Crippen LogP contribution in [0, 0.1) is 0 Å². The van der Waals surface area contributed by atoms with E-state index in [0.717, 1.165) is 13.2 Å². The predicted octanol–water partition coefficient (Wildman–Crippen LogP) is 3.98. The first-order valence-electron chi connectivity index (χ1n) is 12.4. The number of hydrogen-bond donors (Lipinski definition) is 2. The van der Waals surface area contributed by atoms with Gasteiger partial charge < -0.3 is 33.9 Å². The Kier molecular flexibility index (Phi) is 36.4. The van der Waals surface area contributed by atoms with Gasteiger partial charge in [0.2, 0.25) is 0 Å². The van der Waals surface area contributed by atoms with Gasteiger partial charge in [0.05, 0.1) is 66.1 Å². The summed E-state index contributed by atoms with van der Waals surface area (Å²) in [5.41, 5.74) is 0. The van der Waals surface area contributed by atoms with Gasteiger partial charge in [-0.05, 0) is 12.8 Å². The third-order valence-electron chi connectivity index (χ3n) is 4.37. The summed E-state index contributed by atoms with van der Waals surface area (Å²) in [5.74, 6) is 0. The summed E-state index contributed by atoms with van der Waals surface area (Å²) in [7, 11) is 0. The molecule has 7 nitrogen and oxygen atoms in total. The molecule has 0 aliphatic heterocycles. The van der Waals surface area contributed by atoms with Gasteiger partial charge in [-0.2, -0.15) is 0 Å². The zero-order valence-corrected chi connectivity index (χ0v) is 20.5. The summed E-state index contributed by atoms with van der Waals surface area (Å²) in [6.07, 6.45) is 13.4. The van der Waals surface area contributed by atoms with Crippen molar-refractivity contribution in [3.05, 3.63) is 0 Å². The zero-order valence-electron chi connectivity index (χ0n) is 20.5. The van der Waals surface area contributed by atoms with Gasteiger partial charge in [-0.25, -0.2) is 0 Å². The van der Waals surface area contributed by atoms with Gasteiger partial charge in [-0.3, -0.25) is 0 Å². The van der Waals surface area contributed by atoms with Crippen molar-refractivity contribution in [3.8, 4) is 0 Å². The van der Waals surface area contributed by atoms with Crippen LogP contribution in [0.4, 0.5) is 0 Å². The van der Waals surface area contributed by atoms with E-state index in [1.54, 1.807) is 0 Å². The Balaban J connectivity index is 0. The standard InChI is InChI=1S/C14H30O.C10H22O6/c1-3-5-7-9-10-12-14-15-13-11-8-6-4-2;11-1-3-13-5-7-15-9-10-16-8-6-14-4-2-12/h3-14H2,1-2H3;11-12H,1-10H2. The molecule has 190 valence electrons.